The number of nitrogens with zero attached hydrogens (tertiary/aromatic N) is 3. The summed E-state index contributed by atoms with van der Waals surface area (Å²) in [7, 11) is 1.86. The van der Waals surface area contributed by atoms with Crippen molar-refractivity contribution in [3.63, 3.8) is 0 Å². The number of guanidine groups is 1. The highest BCUT2D eigenvalue weighted by atomic mass is 127. The predicted octanol–water partition coefficient (Wildman–Crippen LogP) is 1.45. The fraction of sp³-hybridized carbons (Fsp3) is 0.938. The van der Waals surface area contributed by atoms with Crippen LogP contribution in [-0.2, 0) is 0 Å². The van der Waals surface area contributed by atoms with E-state index in [9.17, 15) is 0 Å². The Morgan fingerprint density at radius 1 is 1.23 bits per heavy atom. The van der Waals surface area contributed by atoms with Crippen LogP contribution in [0.25, 0.3) is 0 Å². The molecule has 2 N–H and O–H groups in total. The lowest BCUT2D eigenvalue weighted by molar-refractivity contribution is 0.124. The van der Waals surface area contributed by atoms with Crippen LogP contribution in [0.3, 0.4) is 0 Å². The van der Waals surface area contributed by atoms with E-state index in [0.29, 0.717) is 12.0 Å². The summed E-state index contributed by atoms with van der Waals surface area (Å²) in [6.45, 7) is 15.1. The minimum absolute atomic E-state index is 0. The predicted molar refractivity (Wildman–Crippen MR) is 105 cm³/mol. The second-order valence-electron chi connectivity index (χ2n) is 6.76. The molecular formula is C16H34IN5. The second kappa shape index (κ2) is 9.93. The number of halogens is 1. The van der Waals surface area contributed by atoms with E-state index in [0.717, 1.165) is 18.4 Å². The highest BCUT2D eigenvalue weighted by Crippen LogP contribution is 2.28. The topological polar surface area (TPSA) is 42.9 Å². The molecule has 22 heavy (non-hydrogen) atoms. The monoisotopic (exact) mass is 423 g/mol. The van der Waals surface area contributed by atoms with E-state index in [1.54, 1.807) is 0 Å². The Kier molecular flexibility index (Phi) is 9.01. The first kappa shape index (κ1) is 20.0. The van der Waals surface area contributed by atoms with Crippen LogP contribution in [0, 0.1) is 11.8 Å². The van der Waals surface area contributed by atoms with Gasteiger partial charge in [0.2, 0.25) is 0 Å². The fourth-order valence-electron chi connectivity index (χ4n) is 2.96. The minimum Gasteiger partial charge on any atom is -0.356 e. The van der Waals surface area contributed by atoms with Crippen molar-refractivity contribution in [2.45, 2.75) is 33.2 Å². The van der Waals surface area contributed by atoms with Crippen molar-refractivity contribution in [1.29, 1.82) is 0 Å². The molecule has 3 unspecified atom stereocenters. The van der Waals surface area contributed by atoms with Crippen LogP contribution in [0.15, 0.2) is 4.99 Å². The Morgan fingerprint density at radius 3 is 2.32 bits per heavy atom. The maximum Gasteiger partial charge on any atom is 0.191 e. The molecule has 5 nitrogen and oxygen atoms in total. The first-order valence-corrected chi connectivity index (χ1v) is 8.54. The zero-order valence-electron chi connectivity index (χ0n) is 14.6. The summed E-state index contributed by atoms with van der Waals surface area (Å²) in [5.41, 5.74) is 0. The van der Waals surface area contributed by atoms with E-state index >= 15 is 0 Å². The molecule has 1 aliphatic carbocycles. The molecule has 0 radical (unpaired) electrons. The third kappa shape index (κ3) is 6.58. The SMILES string of the molecule is CCN1CCN(CC(C)CNC(=NC)NC2CC2C)CC1.I. The second-order valence-corrected chi connectivity index (χ2v) is 6.76. The van der Waals surface area contributed by atoms with Crippen molar-refractivity contribution in [1.82, 2.24) is 20.4 Å². The van der Waals surface area contributed by atoms with Crippen LogP contribution >= 0.6 is 24.0 Å². The summed E-state index contributed by atoms with van der Waals surface area (Å²) < 4.78 is 0. The van der Waals surface area contributed by atoms with Gasteiger partial charge in [0, 0.05) is 52.4 Å². The number of nitrogens with one attached hydrogen (secondary N) is 2. The van der Waals surface area contributed by atoms with Crippen LogP contribution in [0.5, 0.6) is 0 Å². The van der Waals surface area contributed by atoms with Gasteiger partial charge in [-0.15, -0.1) is 24.0 Å². The summed E-state index contributed by atoms with van der Waals surface area (Å²) in [4.78, 5) is 9.44. The summed E-state index contributed by atoms with van der Waals surface area (Å²) in [5.74, 6) is 2.41. The Morgan fingerprint density at radius 2 is 1.82 bits per heavy atom. The largest absolute Gasteiger partial charge is 0.356 e. The van der Waals surface area contributed by atoms with Gasteiger partial charge in [0.25, 0.3) is 0 Å². The van der Waals surface area contributed by atoms with Gasteiger partial charge in [-0.1, -0.05) is 20.8 Å². The van der Waals surface area contributed by atoms with Crippen molar-refractivity contribution in [3.05, 3.63) is 0 Å². The van der Waals surface area contributed by atoms with Gasteiger partial charge in [0.15, 0.2) is 5.96 Å². The molecular weight excluding hydrogens is 389 g/mol. The standard InChI is InChI=1S/C16H33N5.HI/c1-5-20-6-8-21(9-7-20)12-13(2)11-18-16(17-4)19-15-10-14(15)3;/h13-15H,5-12H2,1-4H3,(H2,17,18,19);1H. The van der Waals surface area contributed by atoms with Crippen molar-refractivity contribution in [2.75, 3.05) is 52.9 Å². The Balaban J connectivity index is 0.00000242. The maximum absolute atomic E-state index is 4.32. The van der Waals surface area contributed by atoms with E-state index in [4.69, 9.17) is 0 Å². The lowest BCUT2D eigenvalue weighted by atomic mass is 10.1. The molecule has 1 heterocycles. The third-order valence-electron chi connectivity index (χ3n) is 4.76. The summed E-state index contributed by atoms with van der Waals surface area (Å²) in [6.07, 6.45) is 1.28. The number of piperazine rings is 1. The molecule has 2 fully saturated rings. The van der Waals surface area contributed by atoms with Crippen LogP contribution < -0.4 is 10.6 Å². The molecule has 0 bridgehead atoms. The molecule has 2 rings (SSSR count). The Bertz CT molecular complexity index is 341. The van der Waals surface area contributed by atoms with Gasteiger partial charge in [-0.2, -0.15) is 0 Å². The molecule has 0 aromatic rings. The Labute approximate surface area is 153 Å². The number of hydrogen-bond donors (Lipinski definition) is 2. The number of hydrogen-bond acceptors (Lipinski definition) is 3. The van der Waals surface area contributed by atoms with E-state index < -0.39 is 0 Å². The number of likely N-dealkylation sites (N-methyl/N-ethyl adjacent to an activating group) is 1. The lowest BCUT2D eigenvalue weighted by Gasteiger charge is -2.35. The molecule has 130 valence electrons. The van der Waals surface area contributed by atoms with Gasteiger partial charge in [-0.3, -0.25) is 4.99 Å². The highest BCUT2D eigenvalue weighted by Gasteiger charge is 2.33. The van der Waals surface area contributed by atoms with Crippen molar-refractivity contribution in [2.24, 2.45) is 16.8 Å². The van der Waals surface area contributed by atoms with E-state index in [1.807, 2.05) is 7.05 Å². The van der Waals surface area contributed by atoms with Gasteiger partial charge < -0.3 is 20.4 Å². The van der Waals surface area contributed by atoms with Crippen molar-refractivity contribution in [3.8, 4) is 0 Å². The van der Waals surface area contributed by atoms with Crippen molar-refractivity contribution >= 4 is 29.9 Å². The molecule has 0 spiro atoms. The van der Waals surface area contributed by atoms with E-state index in [2.05, 4.69) is 46.2 Å². The molecule has 0 aromatic carbocycles. The van der Waals surface area contributed by atoms with Crippen LogP contribution in [0.2, 0.25) is 0 Å². The summed E-state index contributed by atoms with van der Waals surface area (Å²) in [5, 5.41) is 6.95. The summed E-state index contributed by atoms with van der Waals surface area (Å²) in [6, 6.07) is 0.633. The maximum atomic E-state index is 4.32. The van der Waals surface area contributed by atoms with E-state index in [1.165, 1.54) is 45.7 Å². The molecule has 1 saturated carbocycles. The van der Waals surface area contributed by atoms with Crippen LogP contribution in [0.1, 0.15) is 27.2 Å². The van der Waals surface area contributed by atoms with Crippen LogP contribution in [-0.4, -0.2) is 74.7 Å². The van der Waals surface area contributed by atoms with Gasteiger partial charge in [-0.25, -0.2) is 0 Å². The lowest BCUT2D eigenvalue weighted by Crippen LogP contribution is -2.48. The Hall–Kier alpha value is -0.0800. The zero-order chi connectivity index (χ0) is 15.2. The van der Waals surface area contributed by atoms with Crippen molar-refractivity contribution < 1.29 is 0 Å². The third-order valence-corrected chi connectivity index (χ3v) is 4.76. The van der Waals surface area contributed by atoms with Gasteiger partial charge >= 0.3 is 0 Å². The molecule has 0 aromatic heterocycles. The fourth-order valence-corrected chi connectivity index (χ4v) is 2.96. The molecule has 1 aliphatic heterocycles. The molecule has 1 saturated heterocycles. The first-order chi connectivity index (χ1) is 10.1. The molecule has 3 atom stereocenters. The summed E-state index contributed by atoms with van der Waals surface area (Å²) >= 11 is 0. The molecule has 2 aliphatic rings. The first-order valence-electron chi connectivity index (χ1n) is 8.54. The number of rotatable bonds is 6. The van der Waals surface area contributed by atoms with Gasteiger partial charge in [0.05, 0.1) is 0 Å². The zero-order valence-corrected chi connectivity index (χ0v) is 17.0. The van der Waals surface area contributed by atoms with Crippen LogP contribution in [0.4, 0.5) is 0 Å². The average Bonchev–Trinajstić information content (AvgIpc) is 3.19. The molecule has 6 heteroatoms. The molecule has 0 amide bonds. The smallest absolute Gasteiger partial charge is 0.191 e. The van der Waals surface area contributed by atoms with Gasteiger partial charge in [-0.05, 0) is 24.8 Å². The number of aliphatic imine (C=N–C) groups is 1. The average molecular weight is 423 g/mol. The quantitative estimate of drug-likeness (QED) is 0.386. The minimum atomic E-state index is 0. The highest BCUT2D eigenvalue weighted by molar-refractivity contribution is 14.0. The van der Waals surface area contributed by atoms with Gasteiger partial charge in [0.1, 0.15) is 0 Å². The van der Waals surface area contributed by atoms with E-state index in [-0.39, 0.29) is 24.0 Å². The normalized spacial score (nSPS) is 27.9.